The maximum Gasteiger partial charge on any atom is 0.352 e. The highest BCUT2D eigenvalue weighted by Gasteiger charge is 2.19. The molecular formula is C13H14N2O3. The number of nitrogens with two attached hydrogens (primary N) is 1. The summed E-state index contributed by atoms with van der Waals surface area (Å²) in [5.41, 5.74) is 7.42. The summed E-state index contributed by atoms with van der Waals surface area (Å²) in [5, 5.41) is 9.84. The monoisotopic (exact) mass is 246 g/mol. The number of aromatic amines is 1. The number of Topliss-reactive ketones (excluding diaryl/α,β-unsaturated/α-hetero) is 1. The van der Waals surface area contributed by atoms with Gasteiger partial charge in [0.25, 0.3) is 0 Å². The van der Waals surface area contributed by atoms with Crippen molar-refractivity contribution in [1.29, 1.82) is 0 Å². The quantitative estimate of drug-likeness (QED) is 0.713. The minimum absolute atomic E-state index is 0.0881. The van der Waals surface area contributed by atoms with Crippen molar-refractivity contribution >= 4 is 22.7 Å². The number of benzene rings is 1. The number of nitrogens with one attached hydrogen (secondary N) is 1. The first-order chi connectivity index (χ1) is 8.56. The molecule has 2 aromatic rings. The Labute approximate surface area is 104 Å². The van der Waals surface area contributed by atoms with Crippen LogP contribution >= 0.6 is 0 Å². The number of aromatic carboxylic acids is 1. The molecule has 0 fully saturated rings. The summed E-state index contributed by atoms with van der Waals surface area (Å²) < 4.78 is 0. The molecule has 0 radical (unpaired) electrons. The third-order valence-corrected chi connectivity index (χ3v) is 2.92. The van der Waals surface area contributed by atoms with Crippen LogP contribution in [0.25, 0.3) is 10.9 Å². The van der Waals surface area contributed by atoms with Gasteiger partial charge in [0.15, 0.2) is 5.78 Å². The highest BCUT2D eigenvalue weighted by atomic mass is 16.4. The zero-order valence-corrected chi connectivity index (χ0v) is 9.99. The summed E-state index contributed by atoms with van der Waals surface area (Å²) in [6.45, 7) is 1.80. The fourth-order valence-electron chi connectivity index (χ4n) is 2.19. The molecule has 5 nitrogen and oxygen atoms in total. The van der Waals surface area contributed by atoms with Crippen LogP contribution < -0.4 is 5.73 Å². The minimum Gasteiger partial charge on any atom is -0.477 e. The van der Waals surface area contributed by atoms with E-state index in [2.05, 4.69) is 4.98 Å². The molecule has 0 unspecified atom stereocenters. The van der Waals surface area contributed by atoms with Gasteiger partial charge in [0, 0.05) is 16.5 Å². The van der Waals surface area contributed by atoms with Crippen molar-refractivity contribution in [1.82, 2.24) is 4.98 Å². The van der Waals surface area contributed by atoms with E-state index in [4.69, 9.17) is 10.8 Å². The first-order valence-electron chi connectivity index (χ1n) is 5.64. The van der Waals surface area contributed by atoms with Crippen LogP contribution in [0.1, 0.15) is 33.3 Å². The largest absolute Gasteiger partial charge is 0.477 e. The SMILES string of the molecule is CC(=O)c1cccc2[nH]c(C(=O)O)c(CCN)c12. The van der Waals surface area contributed by atoms with Crippen molar-refractivity contribution < 1.29 is 14.7 Å². The number of fused-ring (bicyclic) bond motifs is 1. The van der Waals surface area contributed by atoms with Crippen molar-refractivity contribution in [2.24, 2.45) is 5.73 Å². The van der Waals surface area contributed by atoms with E-state index >= 15 is 0 Å². The number of rotatable bonds is 4. The number of H-pyrrole nitrogens is 1. The number of ketones is 1. The summed E-state index contributed by atoms with van der Waals surface area (Å²) in [6, 6.07) is 5.19. The molecule has 0 aliphatic rings. The van der Waals surface area contributed by atoms with Crippen LogP contribution in [0.15, 0.2) is 18.2 Å². The normalized spacial score (nSPS) is 10.8. The lowest BCUT2D eigenvalue weighted by molar-refractivity contribution is 0.0690. The Bertz CT molecular complexity index is 628. The van der Waals surface area contributed by atoms with E-state index in [1.54, 1.807) is 18.2 Å². The molecule has 0 aliphatic carbocycles. The van der Waals surface area contributed by atoms with Crippen LogP contribution in [-0.4, -0.2) is 28.4 Å². The number of carbonyl (C=O) groups is 2. The van der Waals surface area contributed by atoms with E-state index in [9.17, 15) is 9.59 Å². The van der Waals surface area contributed by atoms with Crippen LogP contribution in [0.5, 0.6) is 0 Å². The number of carboxylic acid groups (broad SMARTS) is 1. The van der Waals surface area contributed by atoms with Gasteiger partial charge >= 0.3 is 5.97 Å². The average Bonchev–Trinajstić information content (AvgIpc) is 2.68. The number of hydrogen-bond donors (Lipinski definition) is 3. The zero-order valence-electron chi connectivity index (χ0n) is 9.99. The second-order valence-electron chi connectivity index (χ2n) is 4.11. The standard InChI is InChI=1S/C13H14N2O3/c1-7(16)8-3-2-4-10-11(8)9(5-6-14)12(15-10)13(17)18/h2-4,15H,5-6,14H2,1H3,(H,17,18). The van der Waals surface area contributed by atoms with Gasteiger partial charge < -0.3 is 15.8 Å². The second-order valence-corrected chi connectivity index (χ2v) is 4.11. The van der Waals surface area contributed by atoms with Crippen molar-refractivity contribution in [2.75, 3.05) is 6.54 Å². The molecule has 0 bridgehead atoms. The number of carbonyl (C=O) groups excluding carboxylic acids is 1. The average molecular weight is 246 g/mol. The third kappa shape index (κ3) is 1.89. The van der Waals surface area contributed by atoms with Gasteiger partial charge in [0.1, 0.15) is 5.69 Å². The Balaban J connectivity index is 2.83. The lowest BCUT2D eigenvalue weighted by atomic mass is 10.00. The van der Waals surface area contributed by atoms with Gasteiger partial charge in [0.2, 0.25) is 0 Å². The van der Waals surface area contributed by atoms with Crippen LogP contribution in [0.3, 0.4) is 0 Å². The first kappa shape index (κ1) is 12.3. The molecule has 0 aliphatic heterocycles. The van der Waals surface area contributed by atoms with Crippen molar-refractivity contribution in [3.63, 3.8) is 0 Å². The summed E-state index contributed by atoms with van der Waals surface area (Å²) in [5.74, 6) is -1.13. The number of carboxylic acids is 1. The van der Waals surface area contributed by atoms with Gasteiger partial charge in [-0.05, 0) is 31.5 Å². The molecule has 1 aromatic heterocycles. The molecule has 4 N–H and O–H groups in total. The van der Waals surface area contributed by atoms with Crippen molar-refractivity contribution in [3.8, 4) is 0 Å². The molecule has 0 amide bonds. The molecule has 5 heteroatoms. The van der Waals surface area contributed by atoms with Gasteiger partial charge in [-0.2, -0.15) is 0 Å². The van der Waals surface area contributed by atoms with Gasteiger partial charge in [-0.25, -0.2) is 4.79 Å². The predicted octanol–water partition coefficient (Wildman–Crippen LogP) is 1.57. The highest BCUT2D eigenvalue weighted by molar-refractivity contribution is 6.10. The van der Waals surface area contributed by atoms with E-state index in [1.165, 1.54) is 6.92 Å². The molecule has 94 valence electrons. The van der Waals surface area contributed by atoms with E-state index in [0.717, 1.165) is 0 Å². The van der Waals surface area contributed by atoms with Crippen LogP contribution in [0, 0.1) is 0 Å². The van der Waals surface area contributed by atoms with E-state index in [1.807, 2.05) is 0 Å². The first-order valence-corrected chi connectivity index (χ1v) is 5.64. The Morgan fingerprint density at radius 1 is 1.39 bits per heavy atom. The second kappa shape index (κ2) is 4.62. The van der Waals surface area contributed by atoms with Crippen LogP contribution in [-0.2, 0) is 6.42 Å². The molecule has 0 atom stereocenters. The Morgan fingerprint density at radius 3 is 2.67 bits per heavy atom. The predicted molar refractivity (Wildman–Crippen MR) is 68.0 cm³/mol. The Hall–Kier alpha value is -2.14. The number of hydrogen-bond acceptors (Lipinski definition) is 3. The van der Waals surface area contributed by atoms with Gasteiger partial charge in [-0.1, -0.05) is 12.1 Å². The lowest BCUT2D eigenvalue weighted by Gasteiger charge is -2.03. The number of aromatic nitrogens is 1. The summed E-state index contributed by atoms with van der Waals surface area (Å²) in [4.78, 5) is 25.6. The summed E-state index contributed by atoms with van der Waals surface area (Å²) in [6.07, 6.45) is 0.423. The van der Waals surface area contributed by atoms with Crippen LogP contribution in [0.4, 0.5) is 0 Å². The maximum atomic E-state index is 11.6. The summed E-state index contributed by atoms with van der Waals surface area (Å²) in [7, 11) is 0. The fourth-order valence-corrected chi connectivity index (χ4v) is 2.19. The van der Waals surface area contributed by atoms with Crippen LogP contribution in [0.2, 0.25) is 0 Å². The zero-order chi connectivity index (χ0) is 13.3. The highest BCUT2D eigenvalue weighted by Crippen LogP contribution is 2.27. The molecule has 1 heterocycles. The molecule has 2 rings (SSSR count). The Morgan fingerprint density at radius 2 is 2.11 bits per heavy atom. The molecule has 0 saturated carbocycles. The van der Waals surface area contributed by atoms with E-state index in [0.29, 0.717) is 35.0 Å². The van der Waals surface area contributed by atoms with Crippen molar-refractivity contribution in [2.45, 2.75) is 13.3 Å². The van der Waals surface area contributed by atoms with Gasteiger partial charge in [-0.3, -0.25) is 4.79 Å². The van der Waals surface area contributed by atoms with E-state index in [-0.39, 0.29) is 11.5 Å². The maximum absolute atomic E-state index is 11.6. The van der Waals surface area contributed by atoms with E-state index < -0.39 is 5.97 Å². The van der Waals surface area contributed by atoms with Crippen molar-refractivity contribution in [3.05, 3.63) is 35.0 Å². The molecule has 0 spiro atoms. The fraction of sp³-hybridized carbons (Fsp3) is 0.231. The molecule has 1 aromatic carbocycles. The Kier molecular flexibility index (Phi) is 3.16. The lowest BCUT2D eigenvalue weighted by Crippen LogP contribution is -2.08. The third-order valence-electron chi connectivity index (χ3n) is 2.92. The molecule has 0 saturated heterocycles. The topological polar surface area (TPSA) is 96.2 Å². The van der Waals surface area contributed by atoms with Gasteiger partial charge in [-0.15, -0.1) is 0 Å². The smallest absolute Gasteiger partial charge is 0.352 e. The molecule has 18 heavy (non-hydrogen) atoms. The molecular weight excluding hydrogens is 232 g/mol. The minimum atomic E-state index is -1.04. The van der Waals surface area contributed by atoms with Gasteiger partial charge in [0.05, 0.1) is 0 Å². The summed E-state index contributed by atoms with van der Waals surface area (Å²) >= 11 is 0.